The summed E-state index contributed by atoms with van der Waals surface area (Å²) in [6.45, 7) is 4.34. The molecule has 1 amide bonds. The first kappa shape index (κ1) is 19.3. The summed E-state index contributed by atoms with van der Waals surface area (Å²) in [6, 6.07) is 9.34. The fraction of sp³-hybridized carbons (Fsp3) is 0.316. The molecule has 0 aliphatic carbocycles. The van der Waals surface area contributed by atoms with Crippen LogP contribution in [-0.2, 0) is 6.42 Å². The summed E-state index contributed by atoms with van der Waals surface area (Å²) in [7, 11) is 0. The highest BCUT2D eigenvalue weighted by molar-refractivity contribution is 5.91. The van der Waals surface area contributed by atoms with Crippen molar-refractivity contribution >= 4 is 11.6 Å². The molecule has 0 saturated carbocycles. The van der Waals surface area contributed by atoms with Gasteiger partial charge in [0.25, 0.3) is 11.6 Å². The van der Waals surface area contributed by atoms with Gasteiger partial charge >= 0.3 is 0 Å². The van der Waals surface area contributed by atoms with E-state index in [1.165, 1.54) is 18.4 Å². The number of hydrogen-bond donors (Lipinski definition) is 0. The first-order valence-corrected chi connectivity index (χ1v) is 8.91. The van der Waals surface area contributed by atoms with Crippen LogP contribution in [0.3, 0.4) is 0 Å². The Morgan fingerprint density at radius 2 is 2.14 bits per heavy atom. The van der Waals surface area contributed by atoms with E-state index < -0.39 is 4.92 Å². The molecule has 0 aliphatic rings. The first-order valence-electron chi connectivity index (χ1n) is 8.91. The van der Waals surface area contributed by atoms with Crippen LogP contribution in [0, 0.1) is 10.1 Å². The number of nitrogens with zero attached hydrogens (tertiary/aromatic N) is 4. The van der Waals surface area contributed by atoms with Gasteiger partial charge in [-0.05, 0) is 25.5 Å². The van der Waals surface area contributed by atoms with Crippen LogP contribution >= 0.6 is 0 Å². The Hall–Kier alpha value is -3.49. The molecule has 0 bridgehead atoms. The number of nitro benzene ring substituents is 1. The van der Waals surface area contributed by atoms with Gasteiger partial charge < -0.3 is 13.8 Å². The number of nitro groups is 1. The summed E-state index contributed by atoms with van der Waals surface area (Å²) in [5, 5.41) is 14.8. The van der Waals surface area contributed by atoms with Gasteiger partial charge in [0, 0.05) is 36.7 Å². The third kappa shape index (κ3) is 4.25. The average molecular weight is 384 g/mol. The van der Waals surface area contributed by atoms with E-state index in [0.717, 1.165) is 6.42 Å². The molecule has 0 fully saturated rings. The molecule has 2 heterocycles. The summed E-state index contributed by atoms with van der Waals surface area (Å²) < 4.78 is 10.5. The van der Waals surface area contributed by atoms with Gasteiger partial charge in [-0.3, -0.25) is 14.9 Å². The predicted octanol–water partition coefficient (Wildman–Crippen LogP) is 3.72. The Kier molecular flexibility index (Phi) is 5.83. The second-order valence-electron chi connectivity index (χ2n) is 6.30. The van der Waals surface area contributed by atoms with Crippen LogP contribution in [0.25, 0.3) is 11.4 Å². The molecule has 1 atom stereocenters. The van der Waals surface area contributed by atoms with Crippen LogP contribution < -0.4 is 0 Å². The largest absolute Gasteiger partial charge is 0.459 e. The molecule has 2 aromatic heterocycles. The fourth-order valence-corrected chi connectivity index (χ4v) is 2.73. The number of hydrogen-bond acceptors (Lipinski definition) is 7. The lowest BCUT2D eigenvalue weighted by atomic mass is 10.2. The van der Waals surface area contributed by atoms with E-state index in [-0.39, 0.29) is 29.2 Å². The lowest BCUT2D eigenvalue weighted by molar-refractivity contribution is -0.384. The average Bonchev–Trinajstić information content (AvgIpc) is 3.40. The molecule has 0 saturated heterocycles. The van der Waals surface area contributed by atoms with Crippen LogP contribution in [0.15, 0.2) is 51.6 Å². The third-order valence-corrected chi connectivity index (χ3v) is 4.47. The van der Waals surface area contributed by atoms with E-state index in [1.807, 2.05) is 13.8 Å². The van der Waals surface area contributed by atoms with Crippen LogP contribution in [0.1, 0.15) is 36.7 Å². The lowest BCUT2D eigenvalue weighted by Crippen LogP contribution is -2.39. The zero-order valence-electron chi connectivity index (χ0n) is 15.6. The molecule has 9 heteroatoms. The lowest BCUT2D eigenvalue weighted by Gasteiger charge is -2.27. The summed E-state index contributed by atoms with van der Waals surface area (Å²) in [5.74, 6) is 0.703. The van der Waals surface area contributed by atoms with E-state index >= 15 is 0 Å². The molecule has 0 aliphatic heterocycles. The Labute approximate surface area is 161 Å². The summed E-state index contributed by atoms with van der Waals surface area (Å²) in [5.41, 5.74) is 0.450. The van der Waals surface area contributed by atoms with Gasteiger partial charge in [0.2, 0.25) is 11.7 Å². The quantitative estimate of drug-likeness (QED) is 0.429. The Bertz CT molecular complexity index is 951. The standard InChI is InChI=1S/C19H20N4O5/c1-3-13(2)22(19(24)16-8-5-11-27-16)10-9-17-20-18(21-28-17)14-6-4-7-15(12-14)23(25)26/h4-8,11-13H,3,9-10H2,1-2H3/t13-/m1/s1. The van der Waals surface area contributed by atoms with Gasteiger partial charge in [0.15, 0.2) is 5.76 Å². The van der Waals surface area contributed by atoms with Crippen molar-refractivity contribution in [3.63, 3.8) is 0 Å². The Balaban J connectivity index is 1.72. The van der Waals surface area contributed by atoms with E-state index in [9.17, 15) is 14.9 Å². The van der Waals surface area contributed by atoms with Crippen molar-refractivity contribution in [2.24, 2.45) is 0 Å². The van der Waals surface area contributed by atoms with Crippen LogP contribution in [-0.4, -0.2) is 38.5 Å². The van der Waals surface area contributed by atoms with Crippen LogP contribution in [0.2, 0.25) is 0 Å². The van der Waals surface area contributed by atoms with Crippen molar-refractivity contribution in [1.29, 1.82) is 0 Å². The molecule has 146 valence electrons. The number of aromatic nitrogens is 2. The topological polar surface area (TPSA) is 116 Å². The van der Waals surface area contributed by atoms with Crippen molar-refractivity contribution in [2.75, 3.05) is 6.54 Å². The summed E-state index contributed by atoms with van der Waals surface area (Å²) in [4.78, 5) is 29.1. The molecule has 0 radical (unpaired) electrons. The van der Waals surface area contributed by atoms with Crippen molar-refractivity contribution in [2.45, 2.75) is 32.7 Å². The summed E-state index contributed by atoms with van der Waals surface area (Å²) in [6.07, 6.45) is 2.61. The minimum Gasteiger partial charge on any atom is -0.459 e. The van der Waals surface area contributed by atoms with E-state index in [2.05, 4.69) is 10.1 Å². The molecule has 0 spiro atoms. The van der Waals surface area contributed by atoms with Crippen LogP contribution in [0.5, 0.6) is 0 Å². The molecular weight excluding hydrogens is 364 g/mol. The van der Waals surface area contributed by atoms with E-state index in [0.29, 0.717) is 24.4 Å². The maximum absolute atomic E-state index is 12.7. The number of non-ortho nitro benzene ring substituents is 1. The number of carbonyl (C=O) groups is 1. The number of furan rings is 1. The predicted molar refractivity (Wildman–Crippen MR) is 99.6 cm³/mol. The zero-order valence-corrected chi connectivity index (χ0v) is 15.6. The Morgan fingerprint density at radius 1 is 1.32 bits per heavy atom. The van der Waals surface area contributed by atoms with Gasteiger partial charge in [-0.15, -0.1) is 0 Å². The SMILES string of the molecule is CC[C@@H](C)N(CCc1nc(-c2cccc([N+](=O)[O-])c2)no1)C(=O)c1ccco1. The number of amides is 1. The van der Waals surface area contributed by atoms with E-state index in [4.69, 9.17) is 8.94 Å². The van der Waals surface area contributed by atoms with Crippen molar-refractivity contribution in [3.8, 4) is 11.4 Å². The number of benzene rings is 1. The smallest absolute Gasteiger partial charge is 0.289 e. The molecule has 0 unspecified atom stereocenters. The van der Waals surface area contributed by atoms with Crippen LogP contribution in [0.4, 0.5) is 5.69 Å². The number of carbonyl (C=O) groups excluding carboxylic acids is 1. The monoisotopic (exact) mass is 384 g/mol. The minimum absolute atomic E-state index is 0.0109. The highest BCUT2D eigenvalue weighted by Gasteiger charge is 2.23. The van der Waals surface area contributed by atoms with Crippen molar-refractivity contribution in [3.05, 3.63) is 64.4 Å². The Morgan fingerprint density at radius 3 is 2.82 bits per heavy atom. The van der Waals surface area contributed by atoms with Gasteiger partial charge in [-0.1, -0.05) is 24.2 Å². The van der Waals surface area contributed by atoms with Gasteiger partial charge in [-0.25, -0.2) is 0 Å². The molecule has 1 aromatic carbocycles. The van der Waals surface area contributed by atoms with Gasteiger partial charge in [0.1, 0.15) is 0 Å². The van der Waals surface area contributed by atoms with Gasteiger partial charge in [-0.2, -0.15) is 4.98 Å². The molecular formula is C19H20N4O5. The molecule has 3 aromatic rings. The maximum atomic E-state index is 12.7. The van der Waals surface area contributed by atoms with Crippen molar-refractivity contribution in [1.82, 2.24) is 15.0 Å². The zero-order chi connectivity index (χ0) is 20.1. The third-order valence-electron chi connectivity index (χ3n) is 4.47. The second kappa shape index (κ2) is 8.47. The van der Waals surface area contributed by atoms with Crippen molar-refractivity contribution < 1.29 is 18.7 Å². The molecule has 9 nitrogen and oxygen atoms in total. The van der Waals surface area contributed by atoms with Gasteiger partial charge in [0.05, 0.1) is 11.2 Å². The maximum Gasteiger partial charge on any atom is 0.289 e. The minimum atomic E-state index is -0.477. The molecule has 3 rings (SSSR count). The highest BCUT2D eigenvalue weighted by Crippen LogP contribution is 2.21. The molecule has 28 heavy (non-hydrogen) atoms. The summed E-state index contributed by atoms with van der Waals surface area (Å²) >= 11 is 0. The normalized spacial score (nSPS) is 11.9. The second-order valence-corrected chi connectivity index (χ2v) is 6.30. The van der Waals surface area contributed by atoms with E-state index in [1.54, 1.807) is 29.2 Å². The highest BCUT2D eigenvalue weighted by atomic mass is 16.6. The fourth-order valence-electron chi connectivity index (χ4n) is 2.73. The first-order chi connectivity index (χ1) is 13.5. The number of rotatable bonds is 8. The molecule has 0 N–H and O–H groups in total.